The lowest BCUT2D eigenvalue weighted by Gasteiger charge is -2.13. The van der Waals surface area contributed by atoms with Crippen molar-refractivity contribution in [2.75, 3.05) is 0 Å². The fraction of sp³-hybridized carbons (Fsp3) is 0.364. The first-order valence-corrected chi connectivity index (χ1v) is 10.2. The Balaban J connectivity index is 1.56. The predicted octanol–water partition coefficient (Wildman–Crippen LogP) is 4.94. The number of benzene rings is 2. The van der Waals surface area contributed by atoms with Gasteiger partial charge < -0.3 is 0 Å². The fourth-order valence-corrected chi connectivity index (χ4v) is 4.88. The third kappa shape index (κ3) is 3.24. The van der Waals surface area contributed by atoms with Gasteiger partial charge in [-0.1, -0.05) is 55.9 Å². The van der Waals surface area contributed by atoms with E-state index in [-0.39, 0.29) is 5.37 Å². The highest BCUT2D eigenvalue weighted by Crippen LogP contribution is 2.37. The lowest BCUT2D eigenvalue weighted by molar-refractivity contribution is 0.645. The Hall–Kier alpha value is -2.25. The Labute approximate surface area is 159 Å². The molecule has 2 aromatic carbocycles. The molecule has 1 aliphatic carbocycles. The predicted molar refractivity (Wildman–Crippen MR) is 108 cm³/mol. The van der Waals surface area contributed by atoms with E-state index in [0.717, 1.165) is 34.6 Å². The summed E-state index contributed by atoms with van der Waals surface area (Å²) < 4.78 is 0. The van der Waals surface area contributed by atoms with Gasteiger partial charge in [0.1, 0.15) is 10.4 Å². The highest BCUT2D eigenvalue weighted by Gasteiger charge is 2.26. The first-order valence-electron chi connectivity index (χ1n) is 9.29. The summed E-state index contributed by atoms with van der Waals surface area (Å²) in [6, 6.07) is 15.2. The topological polar surface area (TPSA) is 48.2 Å². The monoisotopic (exact) mass is 361 g/mol. The van der Waals surface area contributed by atoms with Crippen LogP contribution in [0.4, 0.5) is 0 Å². The summed E-state index contributed by atoms with van der Waals surface area (Å²) >= 11 is 1.75. The molecule has 3 nitrogen and oxygen atoms in total. The van der Waals surface area contributed by atoms with Crippen molar-refractivity contribution in [2.45, 2.75) is 44.9 Å². The summed E-state index contributed by atoms with van der Waals surface area (Å²) in [6.07, 6.45) is 4.51. The molecule has 0 aromatic heterocycles. The standard InChI is InChI=1S/C22H23N3S/c1-14(2)11-16-9-10-17(12-18(16)13-23)21-24-25-22(26-21)20-8-4-6-15-5-3-7-19(15)20/h4,6,8-10,12,14,21,24H,3,5,7,11H2,1-2H3. The highest BCUT2D eigenvalue weighted by atomic mass is 32.2. The van der Waals surface area contributed by atoms with E-state index in [1.807, 2.05) is 6.07 Å². The van der Waals surface area contributed by atoms with Crippen LogP contribution in [0.15, 0.2) is 41.5 Å². The lowest BCUT2D eigenvalue weighted by atomic mass is 9.97. The zero-order valence-corrected chi connectivity index (χ0v) is 16.1. The van der Waals surface area contributed by atoms with Crippen molar-refractivity contribution in [3.8, 4) is 6.07 Å². The van der Waals surface area contributed by atoms with E-state index in [2.05, 4.69) is 60.8 Å². The zero-order chi connectivity index (χ0) is 18.1. The van der Waals surface area contributed by atoms with Crippen LogP contribution in [0.3, 0.4) is 0 Å². The fourth-order valence-electron chi connectivity index (χ4n) is 3.85. The van der Waals surface area contributed by atoms with Gasteiger partial charge in [0.25, 0.3) is 0 Å². The van der Waals surface area contributed by atoms with Crippen molar-refractivity contribution in [3.05, 3.63) is 69.8 Å². The maximum atomic E-state index is 9.53. The summed E-state index contributed by atoms with van der Waals surface area (Å²) in [5, 5.41) is 15.3. The summed E-state index contributed by atoms with van der Waals surface area (Å²) in [7, 11) is 0. The van der Waals surface area contributed by atoms with Crippen LogP contribution >= 0.6 is 11.8 Å². The molecular weight excluding hydrogens is 338 g/mol. The molecule has 4 heteroatoms. The summed E-state index contributed by atoms with van der Waals surface area (Å²) in [6.45, 7) is 4.36. The number of nitrogens with zero attached hydrogens (tertiary/aromatic N) is 2. The van der Waals surface area contributed by atoms with E-state index in [0.29, 0.717) is 5.92 Å². The summed E-state index contributed by atoms with van der Waals surface area (Å²) in [4.78, 5) is 0. The molecule has 1 aliphatic heterocycles. The van der Waals surface area contributed by atoms with Crippen molar-refractivity contribution < 1.29 is 0 Å². The molecule has 2 aliphatic rings. The molecule has 132 valence electrons. The largest absolute Gasteiger partial charge is 0.291 e. The number of fused-ring (bicyclic) bond motifs is 1. The van der Waals surface area contributed by atoms with E-state index < -0.39 is 0 Å². The van der Waals surface area contributed by atoms with Gasteiger partial charge in [0.15, 0.2) is 0 Å². The van der Waals surface area contributed by atoms with E-state index in [9.17, 15) is 5.26 Å². The molecule has 4 rings (SSSR count). The van der Waals surface area contributed by atoms with E-state index in [1.54, 1.807) is 11.8 Å². The van der Waals surface area contributed by atoms with Gasteiger partial charge in [-0.05, 0) is 59.9 Å². The quantitative estimate of drug-likeness (QED) is 0.839. The maximum Gasteiger partial charge on any atom is 0.126 e. The number of thioether (sulfide) groups is 1. The number of hydrazone groups is 1. The van der Waals surface area contributed by atoms with E-state index in [1.165, 1.54) is 29.5 Å². The first-order chi connectivity index (χ1) is 12.7. The number of hydrogen-bond donors (Lipinski definition) is 1. The minimum atomic E-state index is 0.0717. The van der Waals surface area contributed by atoms with Crippen LogP contribution in [0, 0.1) is 17.2 Å². The second-order valence-electron chi connectivity index (χ2n) is 7.47. The number of hydrogen-bond acceptors (Lipinski definition) is 4. The van der Waals surface area contributed by atoms with Crippen molar-refractivity contribution in [3.63, 3.8) is 0 Å². The van der Waals surface area contributed by atoms with Crippen LogP contribution in [0.5, 0.6) is 0 Å². The van der Waals surface area contributed by atoms with Crippen molar-refractivity contribution in [1.82, 2.24) is 5.43 Å². The highest BCUT2D eigenvalue weighted by molar-refractivity contribution is 8.14. The SMILES string of the molecule is CC(C)Cc1ccc(C2NN=C(c3cccc4c3CCC4)S2)cc1C#N. The Morgan fingerprint density at radius 3 is 2.96 bits per heavy atom. The van der Waals surface area contributed by atoms with Gasteiger partial charge in [-0.15, -0.1) is 0 Å². The maximum absolute atomic E-state index is 9.53. The van der Waals surface area contributed by atoms with E-state index >= 15 is 0 Å². The second kappa shape index (κ2) is 7.17. The third-order valence-electron chi connectivity index (χ3n) is 5.07. The van der Waals surface area contributed by atoms with E-state index in [4.69, 9.17) is 0 Å². The third-order valence-corrected chi connectivity index (χ3v) is 6.22. The number of aryl methyl sites for hydroxylation is 1. The van der Waals surface area contributed by atoms with Crippen molar-refractivity contribution in [1.29, 1.82) is 5.26 Å². The van der Waals surface area contributed by atoms with Crippen LogP contribution < -0.4 is 5.43 Å². The van der Waals surface area contributed by atoms with Crippen LogP contribution in [0.2, 0.25) is 0 Å². The molecule has 1 N–H and O–H groups in total. The van der Waals surface area contributed by atoms with Gasteiger partial charge >= 0.3 is 0 Å². The average Bonchev–Trinajstić information content (AvgIpc) is 3.30. The summed E-state index contributed by atoms with van der Waals surface area (Å²) in [5.41, 5.74) is 10.5. The molecule has 0 saturated heterocycles. The Kier molecular flexibility index (Phi) is 4.74. The Bertz CT molecular complexity index is 908. The van der Waals surface area contributed by atoms with Crippen LogP contribution in [0.1, 0.15) is 59.0 Å². The average molecular weight is 362 g/mol. The van der Waals surface area contributed by atoms with Crippen LogP contribution in [-0.2, 0) is 19.3 Å². The van der Waals surface area contributed by atoms with Gasteiger partial charge in [-0.2, -0.15) is 10.4 Å². The minimum absolute atomic E-state index is 0.0717. The van der Waals surface area contributed by atoms with Gasteiger partial charge in [0.05, 0.1) is 11.6 Å². The molecule has 1 atom stereocenters. The first kappa shape index (κ1) is 17.2. The molecule has 0 saturated carbocycles. The number of rotatable bonds is 4. The van der Waals surface area contributed by atoms with Crippen LogP contribution in [-0.4, -0.2) is 5.04 Å². The van der Waals surface area contributed by atoms with Gasteiger partial charge in [0, 0.05) is 5.56 Å². The van der Waals surface area contributed by atoms with Gasteiger partial charge in [-0.25, -0.2) is 0 Å². The molecule has 1 unspecified atom stereocenters. The summed E-state index contributed by atoms with van der Waals surface area (Å²) in [5.74, 6) is 0.544. The normalized spacial score (nSPS) is 18.4. The molecule has 0 fully saturated rings. The molecule has 0 amide bonds. The second-order valence-corrected chi connectivity index (χ2v) is 8.56. The number of nitriles is 1. The Morgan fingerprint density at radius 1 is 1.27 bits per heavy atom. The smallest absolute Gasteiger partial charge is 0.126 e. The molecule has 1 heterocycles. The number of nitrogens with one attached hydrogen (secondary N) is 1. The molecule has 0 bridgehead atoms. The molecule has 2 aromatic rings. The molecule has 0 radical (unpaired) electrons. The molecular formula is C22H23N3S. The lowest BCUT2D eigenvalue weighted by Crippen LogP contribution is -2.08. The molecule has 0 spiro atoms. The van der Waals surface area contributed by atoms with Gasteiger partial charge in [-0.3, -0.25) is 5.43 Å². The van der Waals surface area contributed by atoms with Crippen LogP contribution in [0.25, 0.3) is 0 Å². The Morgan fingerprint density at radius 2 is 2.15 bits per heavy atom. The minimum Gasteiger partial charge on any atom is -0.291 e. The zero-order valence-electron chi connectivity index (χ0n) is 15.2. The van der Waals surface area contributed by atoms with Crippen molar-refractivity contribution in [2.24, 2.45) is 11.0 Å². The molecule has 26 heavy (non-hydrogen) atoms. The van der Waals surface area contributed by atoms with Crippen molar-refractivity contribution >= 4 is 16.8 Å². The van der Waals surface area contributed by atoms with Gasteiger partial charge in [0.2, 0.25) is 0 Å².